The van der Waals surface area contributed by atoms with Crippen LogP contribution in [0, 0.1) is 0 Å². The van der Waals surface area contributed by atoms with Crippen LogP contribution in [0.4, 0.5) is 0 Å². The monoisotopic (exact) mass is 306 g/mol. The molecule has 0 rings (SSSR count). The van der Waals surface area contributed by atoms with Crippen molar-refractivity contribution in [3.8, 4) is 0 Å². The van der Waals surface area contributed by atoms with Crippen molar-refractivity contribution < 1.29 is 25.3 Å². The molecule has 106 valence electrons. The van der Waals surface area contributed by atoms with Gasteiger partial charge in [-0.25, -0.2) is 13.3 Å². The Morgan fingerprint density at radius 1 is 1.18 bits per heavy atom. The highest BCUT2D eigenvalue weighted by atomic mass is 35.5. The Bertz CT molecular complexity index is 311. The lowest BCUT2D eigenvalue weighted by molar-refractivity contribution is -0.867. The van der Waals surface area contributed by atoms with E-state index in [2.05, 4.69) is 4.84 Å². The van der Waals surface area contributed by atoms with Crippen LogP contribution in [0.1, 0.15) is 20.3 Å². The normalized spacial score (nSPS) is 13.3. The van der Waals surface area contributed by atoms with Crippen LogP contribution in [0.2, 0.25) is 0 Å². The Morgan fingerprint density at radius 2 is 1.65 bits per heavy atom. The van der Waals surface area contributed by atoms with Crippen molar-refractivity contribution in [3.05, 3.63) is 0 Å². The number of quaternary nitrogens is 1. The summed E-state index contributed by atoms with van der Waals surface area (Å²) >= 11 is 5.52. The van der Waals surface area contributed by atoms with Gasteiger partial charge in [0.15, 0.2) is 9.84 Å². The van der Waals surface area contributed by atoms with Crippen molar-refractivity contribution in [2.75, 3.05) is 39.2 Å². The van der Waals surface area contributed by atoms with E-state index in [-0.39, 0.29) is 29.5 Å². The zero-order chi connectivity index (χ0) is 13.0. The van der Waals surface area contributed by atoms with Crippen LogP contribution in [-0.4, -0.2) is 57.6 Å². The molecule has 0 radical (unpaired) electrons. The van der Waals surface area contributed by atoms with Crippen molar-refractivity contribution in [1.29, 1.82) is 0 Å². The van der Waals surface area contributed by atoms with E-state index in [1.165, 1.54) is 0 Å². The maximum atomic E-state index is 11.8. The summed E-state index contributed by atoms with van der Waals surface area (Å²) in [6.45, 7) is 4.40. The van der Waals surface area contributed by atoms with Crippen LogP contribution < -0.4 is 17.2 Å². The average molecular weight is 307 g/mol. The van der Waals surface area contributed by atoms with Crippen LogP contribution in [-0.2, 0) is 9.84 Å². The smallest absolute Gasteiger partial charge is 0.155 e. The highest BCUT2D eigenvalue weighted by Crippen LogP contribution is 2.11. The molecule has 4 nitrogen and oxygen atoms in total. The minimum atomic E-state index is -2.97. The molecule has 0 saturated carbocycles. The molecular weight excluding hydrogens is 283 g/mol. The van der Waals surface area contributed by atoms with E-state index in [1.54, 1.807) is 0 Å². The third-order valence-electron chi connectivity index (χ3n) is 2.37. The number of sulfone groups is 1. The van der Waals surface area contributed by atoms with E-state index in [4.69, 9.17) is 11.8 Å². The third-order valence-corrected chi connectivity index (χ3v) is 4.51. The van der Waals surface area contributed by atoms with Crippen LogP contribution in [0.3, 0.4) is 0 Å². The molecule has 0 aromatic heterocycles. The minimum Gasteiger partial charge on any atom is -1.00 e. The molecule has 0 atom stereocenters. The fraction of sp³-hybridized carbons (Fsp3) is 1.00. The summed E-state index contributed by atoms with van der Waals surface area (Å²) < 4.78 is 24.2. The minimum absolute atomic E-state index is 0. The van der Waals surface area contributed by atoms with Gasteiger partial charge in [0.1, 0.15) is 0 Å². The molecule has 7 heteroatoms. The predicted octanol–water partition coefficient (Wildman–Crippen LogP) is -1.98. The third kappa shape index (κ3) is 11.3. The number of rotatable bonds is 7. The van der Waals surface area contributed by atoms with Crippen molar-refractivity contribution in [1.82, 2.24) is 4.84 Å². The topological polar surface area (TPSA) is 46.2 Å². The first-order chi connectivity index (χ1) is 6.97. The highest BCUT2D eigenvalue weighted by Gasteiger charge is 2.22. The SMILES string of the molecule is CC(C)(CCS(=O)(=O)CC[N+](C)(C)C)NCl.[Cl-]. The van der Waals surface area contributed by atoms with E-state index in [1.807, 2.05) is 35.0 Å². The fourth-order valence-corrected chi connectivity index (χ4v) is 2.92. The van der Waals surface area contributed by atoms with E-state index in [0.717, 1.165) is 0 Å². The molecule has 0 aromatic rings. The Morgan fingerprint density at radius 3 is 2.00 bits per heavy atom. The van der Waals surface area contributed by atoms with E-state index >= 15 is 0 Å². The molecule has 0 spiro atoms. The lowest BCUT2D eigenvalue weighted by Gasteiger charge is -2.25. The molecule has 0 aliphatic rings. The van der Waals surface area contributed by atoms with Gasteiger partial charge in [-0.15, -0.1) is 0 Å². The van der Waals surface area contributed by atoms with E-state index < -0.39 is 9.84 Å². The number of nitrogens with one attached hydrogen (secondary N) is 1. The molecule has 1 N–H and O–H groups in total. The molecule has 0 saturated heterocycles. The average Bonchev–Trinajstić information content (AvgIpc) is 2.12. The predicted molar refractivity (Wildman–Crippen MR) is 69.2 cm³/mol. The summed E-state index contributed by atoms with van der Waals surface area (Å²) in [6, 6.07) is 0. The largest absolute Gasteiger partial charge is 1.00 e. The summed E-state index contributed by atoms with van der Waals surface area (Å²) in [7, 11) is 2.99. The Hall–Kier alpha value is 0.450. The molecule has 0 aliphatic carbocycles. The van der Waals surface area contributed by atoms with Crippen LogP contribution in [0.25, 0.3) is 0 Å². The molecule has 0 amide bonds. The number of nitrogens with zero attached hydrogens (tertiary/aromatic N) is 1. The Labute approximate surface area is 117 Å². The molecule has 0 unspecified atom stereocenters. The zero-order valence-electron chi connectivity index (χ0n) is 11.3. The van der Waals surface area contributed by atoms with Crippen molar-refractivity contribution in [3.63, 3.8) is 0 Å². The number of halogens is 2. The highest BCUT2D eigenvalue weighted by molar-refractivity contribution is 7.91. The van der Waals surface area contributed by atoms with Gasteiger partial charge in [0.25, 0.3) is 0 Å². The lowest BCUT2D eigenvalue weighted by Crippen LogP contribution is -3.00. The lowest BCUT2D eigenvalue weighted by atomic mass is 10.0. The van der Waals surface area contributed by atoms with Gasteiger partial charge >= 0.3 is 0 Å². The maximum Gasteiger partial charge on any atom is 0.155 e. The molecule has 0 bridgehead atoms. The second kappa shape index (κ2) is 7.14. The number of hydrogen-bond acceptors (Lipinski definition) is 3. The summed E-state index contributed by atoms with van der Waals surface area (Å²) in [6.07, 6.45) is 0.524. The quantitative estimate of drug-likeness (QED) is 0.438. The Balaban J connectivity index is 0. The van der Waals surface area contributed by atoms with Gasteiger partial charge < -0.3 is 16.9 Å². The fourth-order valence-electron chi connectivity index (χ4n) is 0.973. The molecule has 0 aliphatic heterocycles. The van der Waals surface area contributed by atoms with Crippen LogP contribution >= 0.6 is 11.8 Å². The summed E-state index contributed by atoms with van der Waals surface area (Å²) in [5.74, 6) is 0.411. The van der Waals surface area contributed by atoms with Gasteiger partial charge in [-0.3, -0.25) is 0 Å². The zero-order valence-corrected chi connectivity index (χ0v) is 13.6. The summed E-state index contributed by atoms with van der Waals surface area (Å²) in [5.41, 5.74) is -0.342. The van der Waals surface area contributed by atoms with Gasteiger partial charge in [0.2, 0.25) is 0 Å². The molecule has 17 heavy (non-hydrogen) atoms. The van der Waals surface area contributed by atoms with Crippen molar-refractivity contribution >= 4 is 21.6 Å². The molecule has 0 heterocycles. The first kappa shape index (κ1) is 19.8. The van der Waals surface area contributed by atoms with Crippen LogP contribution in [0.5, 0.6) is 0 Å². The standard InChI is InChI=1S/C10H24ClN2O2S.ClH/c1-10(2,12-11)6-8-16(14,15)9-7-13(3,4)5;/h12H,6-9H2,1-5H3;1H/q+1;/p-1. The van der Waals surface area contributed by atoms with Crippen molar-refractivity contribution in [2.45, 2.75) is 25.8 Å². The van der Waals surface area contributed by atoms with Gasteiger partial charge in [-0.1, -0.05) is 0 Å². The first-order valence-electron chi connectivity index (χ1n) is 5.36. The van der Waals surface area contributed by atoms with Crippen LogP contribution in [0.15, 0.2) is 0 Å². The first-order valence-corrected chi connectivity index (χ1v) is 7.56. The molecule has 0 aromatic carbocycles. The van der Waals surface area contributed by atoms with Gasteiger partial charge in [0, 0.05) is 5.54 Å². The van der Waals surface area contributed by atoms with E-state index in [0.29, 0.717) is 17.4 Å². The van der Waals surface area contributed by atoms with Gasteiger partial charge in [-0.05, 0) is 32.0 Å². The van der Waals surface area contributed by atoms with Gasteiger partial charge in [0.05, 0.1) is 39.2 Å². The molecular formula is C10H24Cl2N2O2S. The molecule has 0 fully saturated rings. The van der Waals surface area contributed by atoms with Gasteiger partial charge in [-0.2, -0.15) is 0 Å². The second-order valence-electron chi connectivity index (χ2n) is 5.89. The maximum absolute atomic E-state index is 11.8. The summed E-state index contributed by atoms with van der Waals surface area (Å²) in [5, 5.41) is 0. The van der Waals surface area contributed by atoms with E-state index in [9.17, 15) is 8.42 Å². The van der Waals surface area contributed by atoms with Crippen molar-refractivity contribution in [2.24, 2.45) is 0 Å². The second-order valence-corrected chi connectivity index (χ2v) is 8.39. The summed E-state index contributed by atoms with van der Waals surface area (Å²) in [4.78, 5) is 2.59. The number of hydrogen-bond donors (Lipinski definition) is 1. The Kier molecular flexibility index (Phi) is 8.31.